The summed E-state index contributed by atoms with van der Waals surface area (Å²) in [4.78, 5) is 11.5. The van der Waals surface area contributed by atoms with E-state index in [-0.39, 0.29) is 11.5 Å². The van der Waals surface area contributed by atoms with E-state index < -0.39 is 0 Å². The third-order valence-corrected chi connectivity index (χ3v) is 2.03. The Morgan fingerprint density at radius 1 is 1.24 bits per heavy atom. The summed E-state index contributed by atoms with van der Waals surface area (Å²) in [7, 11) is 0. The lowest BCUT2D eigenvalue weighted by atomic mass is 10.0. The Morgan fingerprint density at radius 3 is 2.18 bits per heavy atom. The fraction of sp³-hybridized carbons (Fsp3) is 0.267. The average Bonchev–Trinajstić information content (AvgIpc) is 2.26. The van der Waals surface area contributed by atoms with Gasteiger partial charge in [0.2, 0.25) is 0 Å². The van der Waals surface area contributed by atoms with Crippen molar-refractivity contribution < 1.29 is 9.90 Å². The van der Waals surface area contributed by atoms with Crippen molar-refractivity contribution in [1.82, 2.24) is 0 Å². The van der Waals surface area contributed by atoms with Crippen LogP contribution in [0.25, 0.3) is 0 Å². The lowest BCUT2D eigenvalue weighted by Crippen LogP contribution is -2.01. The zero-order valence-corrected chi connectivity index (χ0v) is 10.9. The SMILES string of the molecule is C=C/C(=C\C=C/C)C(O)=C(C=C(C)C)C(C)=O. The molecule has 17 heavy (non-hydrogen) atoms. The quantitative estimate of drug-likeness (QED) is 0.441. The van der Waals surface area contributed by atoms with Gasteiger partial charge in [0.1, 0.15) is 5.76 Å². The van der Waals surface area contributed by atoms with Gasteiger partial charge in [-0.1, -0.05) is 36.5 Å². The molecule has 92 valence electrons. The molecule has 0 bridgehead atoms. The van der Waals surface area contributed by atoms with Crippen molar-refractivity contribution in [2.45, 2.75) is 27.7 Å². The summed E-state index contributed by atoms with van der Waals surface area (Å²) in [6.07, 6.45) is 8.53. The molecule has 0 unspecified atom stereocenters. The minimum atomic E-state index is -0.170. The minimum absolute atomic E-state index is 0.0354. The van der Waals surface area contributed by atoms with Crippen molar-refractivity contribution in [3.63, 3.8) is 0 Å². The molecule has 0 heterocycles. The zero-order valence-electron chi connectivity index (χ0n) is 10.9. The van der Waals surface area contributed by atoms with Gasteiger partial charge in [0, 0.05) is 5.57 Å². The van der Waals surface area contributed by atoms with Crippen LogP contribution in [0.1, 0.15) is 27.7 Å². The van der Waals surface area contributed by atoms with E-state index in [1.54, 1.807) is 18.2 Å². The van der Waals surface area contributed by atoms with Crippen LogP contribution in [0, 0.1) is 0 Å². The molecule has 0 aliphatic rings. The van der Waals surface area contributed by atoms with Crippen LogP contribution in [-0.2, 0) is 4.79 Å². The Labute approximate surface area is 103 Å². The minimum Gasteiger partial charge on any atom is -0.507 e. The van der Waals surface area contributed by atoms with E-state index in [0.717, 1.165) is 5.57 Å². The first-order chi connectivity index (χ1) is 7.93. The smallest absolute Gasteiger partial charge is 0.163 e. The Morgan fingerprint density at radius 2 is 1.82 bits per heavy atom. The standard InChI is InChI=1S/C15H20O2/c1-6-8-9-13(7-2)15(17)14(12(5)16)10-11(3)4/h6-10,17H,2H2,1,3-5H3/b8-6-,13-9+,15-14?. The number of Topliss-reactive ketones (excluding diaryl/α,β-unsaturated/α-hetero) is 1. The van der Waals surface area contributed by atoms with Gasteiger partial charge in [0.25, 0.3) is 0 Å². The van der Waals surface area contributed by atoms with Gasteiger partial charge in [0.15, 0.2) is 5.78 Å². The van der Waals surface area contributed by atoms with E-state index in [9.17, 15) is 9.90 Å². The summed E-state index contributed by atoms with van der Waals surface area (Å²) < 4.78 is 0. The van der Waals surface area contributed by atoms with E-state index in [1.807, 2.05) is 26.8 Å². The van der Waals surface area contributed by atoms with Gasteiger partial charge in [-0.15, -0.1) is 0 Å². The maximum absolute atomic E-state index is 11.5. The lowest BCUT2D eigenvalue weighted by molar-refractivity contribution is -0.113. The van der Waals surface area contributed by atoms with Crippen molar-refractivity contribution >= 4 is 5.78 Å². The molecule has 0 aromatic heterocycles. The van der Waals surface area contributed by atoms with Gasteiger partial charge >= 0.3 is 0 Å². The molecule has 0 rings (SSSR count). The average molecular weight is 232 g/mol. The van der Waals surface area contributed by atoms with Crippen LogP contribution in [0.3, 0.4) is 0 Å². The molecule has 0 spiro atoms. The molecule has 0 aromatic carbocycles. The summed E-state index contributed by atoms with van der Waals surface area (Å²) in [5.74, 6) is -0.205. The van der Waals surface area contributed by atoms with Gasteiger partial charge in [-0.25, -0.2) is 0 Å². The first-order valence-corrected chi connectivity index (χ1v) is 5.48. The number of hydrogen-bond acceptors (Lipinski definition) is 2. The van der Waals surface area contributed by atoms with E-state index >= 15 is 0 Å². The molecule has 0 amide bonds. The predicted octanol–water partition coefficient (Wildman–Crippen LogP) is 4.04. The molecule has 2 nitrogen and oxygen atoms in total. The Hall–Kier alpha value is -1.83. The summed E-state index contributed by atoms with van der Waals surface area (Å²) in [6.45, 7) is 10.7. The number of allylic oxidation sites excluding steroid dienone is 7. The summed E-state index contributed by atoms with van der Waals surface area (Å²) in [6, 6.07) is 0. The first kappa shape index (κ1) is 15.2. The van der Waals surface area contributed by atoms with Crippen LogP contribution < -0.4 is 0 Å². The van der Waals surface area contributed by atoms with Gasteiger partial charge in [-0.05, 0) is 33.8 Å². The number of aliphatic hydroxyl groups excluding tert-OH is 1. The topological polar surface area (TPSA) is 37.3 Å². The molecule has 0 aliphatic carbocycles. The Balaban J connectivity index is 5.69. The van der Waals surface area contributed by atoms with E-state index in [4.69, 9.17) is 0 Å². The summed E-state index contributed by atoms with van der Waals surface area (Å²) in [5.41, 5.74) is 1.79. The van der Waals surface area contributed by atoms with E-state index in [1.165, 1.54) is 13.0 Å². The number of rotatable bonds is 5. The number of aliphatic hydroxyl groups is 1. The van der Waals surface area contributed by atoms with Crippen LogP contribution in [0.15, 0.2) is 59.4 Å². The molecular formula is C15H20O2. The third kappa shape index (κ3) is 5.16. The first-order valence-electron chi connectivity index (χ1n) is 5.48. The molecule has 0 aliphatic heterocycles. The fourth-order valence-corrected chi connectivity index (χ4v) is 1.22. The van der Waals surface area contributed by atoms with Crippen LogP contribution in [0.4, 0.5) is 0 Å². The van der Waals surface area contributed by atoms with Gasteiger partial charge in [-0.3, -0.25) is 4.79 Å². The third-order valence-electron chi connectivity index (χ3n) is 2.03. The van der Waals surface area contributed by atoms with Crippen LogP contribution in [0.2, 0.25) is 0 Å². The fourth-order valence-electron chi connectivity index (χ4n) is 1.22. The molecule has 0 saturated carbocycles. The highest BCUT2D eigenvalue weighted by Crippen LogP contribution is 2.17. The normalized spacial score (nSPS) is 13.3. The van der Waals surface area contributed by atoms with Crippen molar-refractivity contribution in [1.29, 1.82) is 0 Å². The molecule has 0 fully saturated rings. The maximum atomic E-state index is 11.5. The number of ketones is 1. The number of carbonyl (C=O) groups excluding carboxylic acids is 1. The Kier molecular flexibility index (Phi) is 6.64. The largest absolute Gasteiger partial charge is 0.507 e. The molecular weight excluding hydrogens is 212 g/mol. The highest BCUT2D eigenvalue weighted by atomic mass is 16.3. The van der Waals surface area contributed by atoms with Crippen molar-refractivity contribution in [2.75, 3.05) is 0 Å². The van der Waals surface area contributed by atoms with Crippen LogP contribution in [-0.4, -0.2) is 10.9 Å². The molecule has 0 saturated heterocycles. The molecule has 0 atom stereocenters. The van der Waals surface area contributed by atoms with Crippen molar-refractivity contribution in [2.24, 2.45) is 0 Å². The number of carbonyl (C=O) groups is 1. The van der Waals surface area contributed by atoms with Crippen LogP contribution >= 0.6 is 0 Å². The molecule has 0 aromatic rings. The van der Waals surface area contributed by atoms with Gasteiger partial charge in [-0.2, -0.15) is 0 Å². The second-order valence-electron chi connectivity index (χ2n) is 3.89. The van der Waals surface area contributed by atoms with Crippen molar-refractivity contribution in [3.8, 4) is 0 Å². The van der Waals surface area contributed by atoms with E-state index in [2.05, 4.69) is 6.58 Å². The van der Waals surface area contributed by atoms with E-state index in [0.29, 0.717) is 11.1 Å². The van der Waals surface area contributed by atoms with Crippen LogP contribution in [0.5, 0.6) is 0 Å². The molecule has 0 radical (unpaired) electrons. The van der Waals surface area contributed by atoms with Crippen molar-refractivity contribution in [3.05, 3.63) is 59.4 Å². The number of hydrogen-bond donors (Lipinski definition) is 1. The Bertz CT molecular complexity index is 414. The maximum Gasteiger partial charge on any atom is 0.163 e. The summed E-state index contributed by atoms with van der Waals surface area (Å²) in [5, 5.41) is 10.1. The summed E-state index contributed by atoms with van der Waals surface area (Å²) >= 11 is 0. The monoisotopic (exact) mass is 232 g/mol. The predicted molar refractivity (Wildman–Crippen MR) is 72.9 cm³/mol. The highest BCUT2D eigenvalue weighted by Gasteiger charge is 2.10. The van der Waals surface area contributed by atoms with Gasteiger partial charge < -0.3 is 5.11 Å². The molecule has 1 N–H and O–H groups in total. The second-order valence-corrected chi connectivity index (χ2v) is 3.89. The lowest BCUT2D eigenvalue weighted by Gasteiger charge is -2.05. The zero-order chi connectivity index (χ0) is 13.4. The second kappa shape index (κ2) is 7.44. The molecule has 2 heteroatoms. The highest BCUT2D eigenvalue weighted by molar-refractivity contribution is 5.97. The van der Waals surface area contributed by atoms with Gasteiger partial charge in [0.05, 0.1) is 5.57 Å².